The van der Waals surface area contributed by atoms with Crippen LogP contribution in [0.15, 0.2) is 22.6 Å². The number of carbonyl (C=O) groups is 1. The van der Waals surface area contributed by atoms with E-state index in [0.717, 1.165) is 31.8 Å². The molecular formula is C18H30N2O2. The number of nitrogens with one attached hydrogen (secondary N) is 1. The summed E-state index contributed by atoms with van der Waals surface area (Å²) in [6, 6.07) is 1.89. The molecule has 1 rings (SSSR count). The maximum absolute atomic E-state index is 12.3. The van der Waals surface area contributed by atoms with Crippen LogP contribution < -0.4 is 5.32 Å². The summed E-state index contributed by atoms with van der Waals surface area (Å²) in [6.07, 6.45) is 5.09. The number of hydrogen-bond donors (Lipinski definition) is 1. The molecule has 1 N–H and O–H groups in total. The van der Waals surface area contributed by atoms with Gasteiger partial charge in [0, 0.05) is 19.0 Å². The Morgan fingerprint density at radius 3 is 2.59 bits per heavy atom. The first-order valence-corrected chi connectivity index (χ1v) is 8.30. The highest BCUT2D eigenvalue weighted by Gasteiger charge is 2.18. The van der Waals surface area contributed by atoms with Gasteiger partial charge in [-0.15, -0.1) is 0 Å². The molecule has 1 aromatic heterocycles. The molecule has 0 radical (unpaired) electrons. The molecule has 0 spiro atoms. The molecule has 0 saturated heterocycles. The van der Waals surface area contributed by atoms with Crippen molar-refractivity contribution >= 4 is 5.91 Å². The van der Waals surface area contributed by atoms with Crippen LogP contribution >= 0.6 is 0 Å². The molecular weight excluding hydrogens is 276 g/mol. The lowest BCUT2D eigenvalue weighted by atomic mass is 10.0. The van der Waals surface area contributed by atoms with Gasteiger partial charge >= 0.3 is 0 Å². The van der Waals surface area contributed by atoms with Gasteiger partial charge in [-0.05, 0) is 39.4 Å². The molecule has 0 aliphatic rings. The van der Waals surface area contributed by atoms with Gasteiger partial charge in [-0.3, -0.25) is 4.79 Å². The van der Waals surface area contributed by atoms with Crippen LogP contribution in [0.1, 0.15) is 61.9 Å². The van der Waals surface area contributed by atoms with E-state index in [4.69, 9.17) is 4.42 Å². The van der Waals surface area contributed by atoms with E-state index in [0.29, 0.717) is 17.9 Å². The molecule has 1 atom stereocenters. The Labute approximate surface area is 134 Å². The molecule has 0 aliphatic carbocycles. The minimum Gasteiger partial charge on any atom is -0.465 e. The highest BCUT2D eigenvalue weighted by Crippen LogP contribution is 2.26. The second kappa shape index (κ2) is 9.46. The van der Waals surface area contributed by atoms with Crippen molar-refractivity contribution < 1.29 is 9.21 Å². The Morgan fingerprint density at radius 2 is 2.05 bits per heavy atom. The number of nitrogens with zero attached hydrogens (tertiary/aromatic N) is 1. The van der Waals surface area contributed by atoms with Crippen LogP contribution in [0.25, 0.3) is 0 Å². The van der Waals surface area contributed by atoms with E-state index < -0.39 is 0 Å². The average Bonchev–Trinajstić information content (AvgIpc) is 2.90. The lowest BCUT2D eigenvalue weighted by Crippen LogP contribution is -2.34. The number of rotatable bonds is 9. The fourth-order valence-corrected chi connectivity index (χ4v) is 2.54. The van der Waals surface area contributed by atoms with Crippen molar-refractivity contribution in [1.82, 2.24) is 10.2 Å². The second-order valence-electron chi connectivity index (χ2n) is 5.44. The summed E-state index contributed by atoms with van der Waals surface area (Å²) in [5.41, 5.74) is 0.650. The number of carbonyl (C=O) groups excluding carboxylic acids is 1. The standard InChI is InChI=1S/C18H30N2O2/c1-6-10-15(7-2)17-13-16(14(5)22-17)18(21)19-11-12-20(8-3)9-4/h6,10,13,15H,7-9,11-12H2,1-5H3,(H,19,21)/b10-6-. The number of amides is 1. The van der Waals surface area contributed by atoms with Crippen molar-refractivity contribution in [2.24, 2.45) is 0 Å². The van der Waals surface area contributed by atoms with Gasteiger partial charge < -0.3 is 14.6 Å². The summed E-state index contributed by atoms with van der Waals surface area (Å²) in [5.74, 6) is 1.75. The Bertz CT molecular complexity index is 487. The number of likely N-dealkylation sites (N-methyl/N-ethyl adjacent to an activating group) is 1. The predicted octanol–water partition coefficient (Wildman–Crippen LogP) is 3.73. The molecule has 4 heteroatoms. The van der Waals surface area contributed by atoms with Crippen molar-refractivity contribution in [2.45, 2.75) is 47.0 Å². The molecule has 0 aromatic carbocycles. The number of hydrogen-bond acceptors (Lipinski definition) is 3. The van der Waals surface area contributed by atoms with Gasteiger partial charge in [0.2, 0.25) is 0 Å². The summed E-state index contributed by atoms with van der Waals surface area (Å²) >= 11 is 0. The van der Waals surface area contributed by atoms with Crippen LogP contribution in [-0.2, 0) is 0 Å². The Balaban J connectivity index is 2.68. The van der Waals surface area contributed by atoms with Crippen molar-refractivity contribution in [3.8, 4) is 0 Å². The zero-order chi connectivity index (χ0) is 16.5. The summed E-state index contributed by atoms with van der Waals surface area (Å²) in [4.78, 5) is 14.6. The molecule has 0 bridgehead atoms. The Hall–Kier alpha value is -1.55. The number of furan rings is 1. The molecule has 1 aromatic rings. The summed E-state index contributed by atoms with van der Waals surface area (Å²) in [5, 5.41) is 2.98. The van der Waals surface area contributed by atoms with Crippen LogP contribution in [0.5, 0.6) is 0 Å². The highest BCUT2D eigenvalue weighted by molar-refractivity contribution is 5.95. The van der Waals surface area contributed by atoms with Gasteiger partial charge in [-0.25, -0.2) is 0 Å². The van der Waals surface area contributed by atoms with Crippen LogP contribution in [0.4, 0.5) is 0 Å². The van der Waals surface area contributed by atoms with Crippen molar-refractivity contribution in [3.63, 3.8) is 0 Å². The predicted molar refractivity (Wildman–Crippen MR) is 91.4 cm³/mol. The minimum atomic E-state index is -0.0463. The summed E-state index contributed by atoms with van der Waals surface area (Å²) in [6.45, 7) is 13.8. The first-order chi connectivity index (χ1) is 10.6. The van der Waals surface area contributed by atoms with Gasteiger partial charge in [0.1, 0.15) is 11.5 Å². The maximum Gasteiger partial charge on any atom is 0.254 e. The van der Waals surface area contributed by atoms with Gasteiger partial charge in [0.25, 0.3) is 5.91 Å². The number of allylic oxidation sites excluding steroid dienone is 2. The van der Waals surface area contributed by atoms with Crippen LogP contribution in [0.2, 0.25) is 0 Å². The zero-order valence-electron chi connectivity index (χ0n) is 14.6. The van der Waals surface area contributed by atoms with E-state index in [-0.39, 0.29) is 11.8 Å². The second-order valence-corrected chi connectivity index (χ2v) is 5.44. The monoisotopic (exact) mass is 306 g/mol. The van der Waals surface area contributed by atoms with E-state index in [1.54, 1.807) is 0 Å². The van der Waals surface area contributed by atoms with E-state index >= 15 is 0 Å². The molecule has 0 saturated carbocycles. The van der Waals surface area contributed by atoms with Crippen LogP contribution in [0.3, 0.4) is 0 Å². The van der Waals surface area contributed by atoms with E-state index in [9.17, 15) is 4.79 Å². The molecule has 22 heavy (non-hydrogen) atoms. The molecule has 0 aliphatic heterocycles. The lowest BCUT2D eigenvalue weighted by Gasteiger charge is -2.17. The third kappa shape index (κ3) is 5.02. The summed E-state index contributed by atoms with van der Waals surface area (Å²) < 4.78 is 5.79. The largest absolute Gasteiger partial charge is 0.465 e. The van der Waals surface area contributed by atoms with Crippen molar-refractivity contribution in [1.29, 1.82) is 0 Å². The molecule has 1 unspecified atom stereocenters. The highest BCUT2D eigenvalue weighted by atomic mass is 16.3. The first kappa shape index (κ1) is 18.5. The molecule has 1 amide bonds. The third-order valence-electron chi connectivity index (χ3n) is 4.02. The lowest BCUT2D eigenvalue weighted by molar-refractivity contribution is 0.0947. The molecule has 124 valence electrons. The third-order valence-corrected chi connectivity index (χ3v) is 4.02. The van der Waals surface area contributed by atoms with Gasteiger partial charge in [0.15, 0.2) is 0 Å². The Kier molecular flexibility index (Phi) is 7.96. The van der Waals surface area contributed by atoms with Gasteiger partial charge in [-0.2, -0.15) is 0 Å². The van der Waals surface area contributed by atoms with E-state index in [2.05, 4.69) is 37.1 Å². The summed E-state index contributed by atoms with van der Waals surface area (Å²) in [7, 11) is 0. The van der Waals surface area contributed by atoms with Crippen LogP contribution in [0, 0.1) is 6.92 Å². The van der Waals surface area contributed by atoms with Gasteiger partial charge in [-0.1, -0.05) is 32.9 Å². The Morgan fingerprint density at radius 1 is 1.36 bits per heavy atom. The molecule has 4 nitrogen and oxygen atoms in total. The minimum absolute atomic E-state index is 0.0463. The normalized spacial score (nSPS) is 13.0. The smallest absolute Gasteiger partial charge is 0.254 e. The van der Waals surface area contributed by atoms with E-state index in [1.807, 2.05) is 26.0 Å². The molecule has 1 heterocycles. The maximum atomic E-state index is 12.3. The quantitative estimate of drug-likeness (QED) is 0.707. The van der Waals surface area contributed by atoms with Crippen LogP contribution in [-0.4, -0.2) is 37.0 Å². The SMILES string of the molecule is C/C=C\C(CC)c1cc(C(=O)NCCN(CC)CC)c(C)o1. The number of aryl methyl sites for hydroxylation is 1. The average molecular weight is 306 g/mol. The zero-order valence-corrected chi connectivity index (χ0v) is 14.6. The van der Waals surface area contributed by atoms with Crippen molar-refractivity contribution in [2.75, 3.05) is 26.2 Å². The van der Waals surface area contributed by atoms with E-state index in [1.165, 1.54) is 0 Å². The fraction of sp³-hybridized carbons (Fsp3) is 0.611. The first-order valence-electron chi connectivity index (χ1n) is 8.30. The fourth-order valence-electron chi connectivity index (χ4n) is 2.54. The van der Waals surface area contributed by atoms with Crippen molar-refractivity contribution in [3.05, 3.63) is 35.3 Å². The molecule has 0 fully saturated rings. The topological polar surface area (TPSA) is 45.5 Å². The van der Waals surface area contributed by atoms with Gasteiger partial charge in [0.05, 0.1) is 5.56 Å².